The van der Waals surface area contributed by atoms with Crippen LogP contribution >= 0.6 is 0 Å². The Morgan fingerprint density at radius 1 is 0.909 bits per heavy atom. The lowest BCUT2D eigenvalue weighted by atomic mass is 9.91. The van der Waals surface area contributed by atoms with Crippen molar-refractivity contribution in [2.24, 2.45) is 0 Å². The van der Waals surface area contributed by atoms with Gasteiger partial charge in [-0.25, -0.2) is 0 Å². The fourth-order valence-electron chi connectivity index (χ4n) is 3.59. The lowest BCUT2D eigenvalue weighted by molar-refractivity contribution is 0.198. The highest BCUT2D eigenvalue weighted by molar-refractivity contribution is 5.40. The minimum Gasteiger partial charge on any atom is -0.314 e. The molecule has 2 nitrogen and oxygen atoms in total. The van der Waals surface area contributed by atoms with Crippen LogP contribution in [0.4, 0.5) is 0 Å². The van der Waals surface area contributed by atoms with Gasteiger partial charge >= 0.3 is 0 Å². The standard InChI is InChI=1S/C20H26N2/c1-15-12-16(2)14-18(13-15)20(22-10-8-21-9-11-22)19-7-5-4-6-17(19)3/h4-7,12-14,20-21H,8-11H2,1-3H3. The van der Waals surface area contributed by atoms with E-state index in [9.17, 15) is 0 Å². The topological polar surface area (TPSA) is 15.3 Å². The predicted octanol–water partition coefficient (Wildman–Crippen LogP) is 3.61. The highest BCUT2D eigenvalue weighted by Gasteiger charge is 2.25. The average molecular weight is 294 g/mol. The highest BCUT2D eigenvalue weighted by Crippen LogP contribution is 2.32. The first kappa shape index (κ1) is 15.3. The summed E-state index contributed by atoms with van der Waals surface area (Å²) in [6.07, 6.45) is 0. The Hall–Kier alpha value is -1.64. The van der Waals surface area contributed by atoms with Gasteiger partial charge in [-0.2, -0.15) is 0 Å². The van der Waals surface area contributed by atoms with Crippen molar-refractivity contribution in [3.05, 3.63) is 70.3 Å². The van der Waals surface area contributed by atoms with Gasteiger partial charge in [0.2, 0.25) is 0 Å². The van der Waals surface area contributed by atoms with Gasteiger partial charge in [0.05, 0.1) is 6.04 Å². The van der Waals surface area contributed by atoms with E-state index in [1.807, 2.05) is 0 Å². The van der Waals surface area contributed by atoms with Crippen molar-refractivity contribution in [3.63, 3.8) is 0 Å². The molecule has 0 spiro atoms. The lowest BCUT2D eigenvalue weighted by Gasteiger charge is -2.36. The number of rotatable bonds is 3. The van der Waals surface area contributed by atoms with Crippen LogP contribution in [0.15, 0.2) is 42.5 Å². The molecule has 0 aromatic heterocycles. The van der Waals surface area contributed by atoms with Gasteiger partial charge in [-0.1, -0.05) is 53.6 Å². The summed E-state index contributed by atoms with van der Waals surface area (Å²) in [7, 11) is 0. The van der Waals surface area contributed by atoms with Gasteiger partial charge in [-0.05, 0) is 37.5 Å². The molecule has 1 atom stereocenters. The largest absolute Gasteiger partial charge is 0.314 e. The van der Waals surface area contributed by atoms with Crippen molar-refractivity contribution >= 4 is 0 Å². The van der Waals surface area contributed by atoms with Crippen molar-refractivity contribution in [1.29, 1.82) is 0 Å². The number of nitrogens with one attached hydrogen (secondary N) is 1. The Labute approximate surface area is 134 Å². The third-order valence-corrected chi connectivity index (χ3v) is 4.56. The smallest absolute Gasteiger partial charge is 0.0605 e. The third kappa shape index (κ3) is 3.23. The minimum absolute atomic E-state index is 0.363. The SMILES string of the molecule is Cc1cc(C)cc(C(c2ccccc2C)N2CCNCC2)c1. The van der Waals surface area contributed by atoms with Crippen LogP contribution in [-0.2, 0) is 0 Å². The van der Waals surface area contributed by atoms with E-state index in [2.05, 4.69) is 73.5 Å². The van der Waals surface area contributed by atoms with Crippen LogP contribution < -0.4 is 5.32 Å². The van der Waals surface area contributed by atoms with E-state index >= 15 is 0 Å². The van der Waals surface area contributed by atoms with Gasteiger partial charge in [0.15, 0.2) is 0 Å². The molecule has 0 bridgehead atoms. The zero-order valence-electron chi connectivity index (χ0n) is 13.9. The maximum absolute atomic E-state index is 3.47. The molecule has 1 unspecified atom stereocenters. The molecule has 0 radical (unpaired) electrons. The maximum Gasteiger partial charge on any atom is 0.0605 e. The van der Waals surface area contributed by atoms with Gasteiger partial charge in [-0.15, -0.1) is 0 Å². The monoisotopic (exact) mass is 294 g/mol. The fourth-order valence-corrected chi connectivity index (χ4v) is 3.59. The molecule has 3 rings (SSSR count). The summed E-state index contributed by atoms with van der Waals surface area (Å²) in [5.41, 5.74) is 6.95. The van der Waals surface area contributed by atoms with Crippen molar-refractivity contribution in [2.45, 2.75) is 26.8 Å². The zero-order valence-corrected chi connectivity index (χ0v) is 13.9. The molecule has 116 valence electrons. The fraction of sp³-hybridized carbons (Fsp3) is 0.400. The van der Waals surface area contributed by atoms with Gasteiger partial charge in [0.25, 0.3) is 0 Å². The molecule has 0 saturated carbocycles. The van der Waals surface area contributed by atoms with Gasteiger partial charge in [0, 0.05) is 26.2 Å². The van der Waals surface area contributed by atoms with E-state index in [0.29, 0.717) is 6.04 Å². The first-order chi connectivity index (χ1) is 10.6. The molecule has 2 aromatic rings. The molecule has 1 fully saturated rings. The second kappa shape index (κ2) is 6.64. The van der Waals surface area contributed by atoms with Crippen molar-refractivity contribution in [3.8, 4) is 0 Å². The summed E-state index contributed by atoms with van der Waals surface area (Å²) in [6.45, 7) is 11.0. The van der Waals surface area contributed by atoms with Gasteiger partial charge < -0.3 is 5.32 Å². The highest BCUT2D eigenvalue weighted by atomic mass is 15.2. The Bertz CT molecular complexity index is 622. The second-order valence-electron chi connectivity index (χ2n) is 6.47. The number of hydrogen-bond donors (Lipinski definition) is 1. The van der Waals surface area contributed by atoms with Crippen LogP contribution in [0, 0.1) is 20.8 Å². The molecule has 1 heterocycles. The van der Waals surface area contributed by atoms with E-state index in [-0.39, 0.29) is 0 Å². The van der Waals surface area contributed by atoms with Crippen molar-refractivity contribution in [1.82, 2.24) is 10.2 Å². The van der Waals surface area contributed by atoms with Gasteiger partial charge in [-0.3, -0.25) is 4.90 Å². The third-order valence-electron chi connectivity index (χ3n) is 4.56. The summed E-state index contributed by atoms with van der Waals surface area (Å²) in [4.78, 5) is 2.62. The molecule has 0 aliphatic carbocycles. The quantitative estimate of drug-likeness (QED) is 0.930. The molecule has 2 aromatic carbocycles. The average Bonchev–Trinajstić information content (AvgIpc) is 2.50. The molecule has 22 heavy (non-hydrogen) atoms. The van der Waals surface area contributed by atoms with Crippen LogP contribution in [0.1, 0.15) is 33.9 Å². The first-order valence-electron chi connectivity index (χ1n) is 8.23. The minimum atomic E-state index is 0.363. The van der Waals surface area contributed by atoms with Crippen LogP contribution in [-0.4, -0.2) is 31.1 Å². The lowest BCUT2D eigenvalue weighted by Crippen LogP contribution is -2.45. The second-order valence-corrected chi connectivity index (χ2v) is 6.47. The summed E-state index contributed by atoms with van der Waals surface area (Å²) >= 11 is 0. The summed E-state index contributed by atoms with van der Waals surface area (Å²) in [5.74, 6) is 0. The van der Waals surface area contributed by atoms with E-state index in [1.54, 1.807) is 0 Å². The van der Waals surface area contributed by atoms with E-state index in [0.717, 1.165) is 26.2 Å². The molecule has 1 saturated heterocycles. The molecule has 1 N–H and O–H groups in total. The van der Waals surface area contributed by atoms with Crippen LogP contribution in [0.3, 0.4) is 0 Å². The first-order valence-corrected chi connectivity index (χ1v) is 8.23. The van der Waals surface area contributed by atoms with Crippen LogP contribution in [0.25, 0.3) is 0 Å². The van der Waals surface area contributed by atoms with Crippen molar-refractivity contribution < 1.29 is 0 Å². The summed E-state index contributed by atoms with van der Waals surface area (Å²) in [6, 6.07) is 16.2. The number of aryl methyl sites for hydroxylation is 3. The van der Waals surface area contributed by atoms with E-state index in [1.165, 1.54) is 27.8 Å². The number of hydrogen-bond acceptors (Lipinski definition) is 2. The predicted molar refractivity (Wildman–Crippen MR) is 93.4 cm³/mol. The normalized spacial score (nSPS) is 17.4. The van der Waals surface area contributed by atoms with E-state index < -0.39 is 0 Å². The molecule has 1 aliphatic heterocycles. The maximum atomic E-state index is 3.47. The number of nitrogens with zero attached hydrogens (tertiary/aromatic N) is 1. The van der Waals surface area contributed by atoms with Gasteiger partial charge in [0.1, 0.15) is 0 Å². The summed E-state index contributed by atoms with van der Waals surface area (Å²) < 4.78 is 0. The number of piperazine rings is 1. The molecule has 0 amide bonds. The summed E-state index contributed by atoms with van der Waals surface area (Å²) in [5, 5.41) is 3.47. The zero-order chi connectivity index (χ0) is 15.5. The molecule has 1 aliphatic rings. The Morgan fingerprint density at radius 2 is 1.55 bits per heavy atom. The number of benzene rings is 2. The van der Waals surface area contributed by atoms with Crippen molar-refractivity contribution in [2.75, 3.05) is 26.2 Å². The van der Waals surface area contributed by atoms with Crippen LogP contribution in [0.2, 0.25) is 0 Å². The van der Waals surface area contributed by atoms with Crippen LogP contribution in [0.5, 0.6) is 0 Å². The molecular weight excluding hydrogens is 268 g/mol. The Kier molecular flexibility index (Phi) is 4.60. The van der Waals surface area contributed by atoms with E-state index in [4.69, 9.17) is 0 Å². The molecular formula is C20H26N2. The molecule has 2 heteroatoms. The Balaban J connectivity index is 2.07. The Morgan fingerprint density at radius 3 is 2.18 bits per heavy atom.